The molecule has 1 unspecified atom stereocenters. The van der Waals surface area contributed by atoms with Crippen LogP contribution in [0.3, 0.4) is 0 Å². The number of carbonyl (C=O) groups excluding carboxylic acids is 2. The highest BCUT2D eigenvalue weighted by atomic mass is 16.5. The van der Waals surface area contributed by atoms with Crippen molar-refractivity contribution in [1.29, 1.82) is 0 Å². The normalized spacial score (nSPS) is 13.0. The molecule has 1 aromatic rings. The van der Waals surface area contributed by atoms with E-state index in [1.807, 2.05) is 30.3 Å². The molecule has 2 atom stereocenters. The van der Waals surface area contributed by atoms with Gasteiger partial charge in [-0.05, 0) is 12.0 Å². The SMILES string of the molecule is NC(N)=NCC(C[C@H](N)C=O)C(=O)OCc1ccccc1. The van der Waals surface area contributed by atoms with E-state index in [0.29, 0.717) is 6.29 Å². The summed E-state index contributed by atoms with van der Waals surface area (Å²) in [6.07, 6.45) is 0.709. The lowest BCUT2D eigenvalue weighted by molar-refractivity contribution is -0.149. The van der Waals surface area contributed by atoms with E-state index in [2.05, 4.69) is 4.99 Å². The summed E-state index contributed by atoms with van der Waals surface area (Å²) in [7, 11) is 0. The third-order valence-electron chi connectivity index (χ3n) is 2.78. The van der Waals surface area contributed by atoms with Crippen LogP contribution in [0.25, 0.3) is 0 Å². The van der Waals surface area contributed by atoms with Gasteiger partial charge in [0.25, 0.3) is 0 Å². The number of esters is 1. The number of ether oxygens (including phenoxy) is 1. The van der Waals surface area contributed by atoms with Crippen molar-refractivity contribution in [3.05, 3.63) is 35.9 Å². The molecule has 114 valence electrons. The molecule has 0 spiro atoms. The Morgan fingerprint density at radius 2 is 1.95 bits per heavy atom. The van der Waals surface area contributed by atoms with E-state index in [4.69, 9.17) is 21.9 Å². The maximum Gasteiger partial charge on any atom is 0.311 e. The van der Waals surface area contributed by atoms with Gasteiger partial charge in [-0.2, -0.15) is 0 Å². The number of aliphatic imine (C=N–C) groups is 1. The Morgan fingerprint density at radius 1 is 1.29 bits per heavy atom. The van der Waals surface area contributed by atoms with E-state index in [-0.39, 0.29) is 25.5 Å². The van der Waals surface area contributed by atoms with Crippen molar-refractivity contribution < 1.29 is 14.3 Å². The average Bonchev–Trinajstić information content (AvgIpc) is 2.49. The first-order chi connectivity index (χ1) is 10.0. The highest BCUT2D eigenvalue weighted by molar-refractivity contribution is 5.77. The van der Waals surface area contributed by atoms with Gasteiger partial charge in [0.05, 0.1) is 18.5 Å². The van der Waals surface area contributed by atoms with Crippen LogP contribution in [-0.4, -0.2) is 30.8 Å². The zero-order chi connectivity index (χ0) is 15.7. The Bertz CT molecular complexity index is 486. The van der Waals surface area contributed by atoms with E-state index < -0.39 is 17.9 Å². The minimum atomic E-state index is -0.756. The molecule has 0 aliphatic carbocycles. The molecule has 21 heavy (non-hydrogen) atoms. The van der Waals surface area contributed by atoms with Crippen LogP contribution in [0.15, 0.2) is 35.3 Å². The summed E-state index contributed by atoms with van der Waals surface area (Å²) < 4.78 is 5.21. The molecule has 0 aliphatic heterocycles. The van der Waals surface area contributed by atoms with Gasteiger partial charge in [0.2, 0.25) is 0 Å². The van der Waals surface area contributed by atoms with Gasteiger partial charge in [-0.3, -0.25) is 9.79 Å². The summed E-state index contributed by atoms with van der Waals surface area (Å²) in [6, 6.07) is 8.50. The predicted octanol–water partition coefficient (Wildman–Crippen LogP) is -0.464. The van der Waals surface area contributed by atoms with Gasteiger partial charge < -0.3 is 26.7 Å². The van der Waals surface area contributed by atoms with Crippen molar-refractivity contribution in [3.63, 3.8) is 0 Å². The Balaban J connectivity index is 2.61. The molecule has 0 aliphatic rings. The molecule has 0 aromatic heterocycles. The fourth-order valence-electron chi connectivity index (χ4n) is 1.69. The van der Waals surface area contributed by atoms with Gasteiger partial charge in [-0.25, -0.2) is 0 Å². The quantitative estimate of drug-likeness (QED) is 0.257. The second kappa shape index (κ2) is 8.70. The highest BCUT2D eigenvalue weighted by Gasteiger charge is 2.22. The Morgan fingerprint density at radius 3 is 2.52 bits per heavy atom. The van der Waals surface area contributed by atoms with Gasteiger partial charge in [0.15, 0.2) is 5.96 Å². The van der Waals surface area contributed by atoms with E-state index in [1.165, 1.54) is 0 Å². The van der Waals surface area contributed by atoms with Crippen molar-refractivity contribution in [2.75, 3.05) is 6.54 Å². The van der Waals surface area contributed by atoms with Crippen LogP contribution in [0.4, 0.5) is 0 Å². The van der Waals surface area contributed by atoms with Gasteiger partial charge in [-0.15, -0.1) is 0 Å². The monoisotopic (exact) mass is 292 g/mol. The van der Waals surface area contributed by atoms with Crippen molar-refractivity contribution in [2.45, 2.75) is 19.1 Å². The molecule has 0 heterocycles. The number of hydrogen-bond donors (Lipinski definition) is 3. The molecule has 0 saturated carbocycles. The highest BCUT2D eigenvalue weighted by Crippen LogP contribution is 2.11. The third kappa shape index (κ3) is 6.53. The summed E-state index contributed by atoms with van der Waals surface area (Å²) in [6.45, 7) is 0.186. The number of guanidine groups is 1. The second-order valence-corrected chi connectivity index (χ2v) is 4.59. The average molecular weight is 292 g/mol. The molecule has 0 radical (unpaired) electrons. The van der Waals surface area contributed by atoms with Crippen LogP contribution in [0.1, 0.15) is 12.0 Å². The lowest BCUT2D eigenvalue weighted by atomic mass is 10.0. The predicted molar refractivity (Wildman–Crippen MR) is 79.1 cm³/mol. The molecule has 1 aromatic carbocycles. The number of benzene rings is 1. The molecule has 6 N–H and O–H groups in total. The number of rotatable bonds is 8. The summed E-state index contributed by atoms with van der Waals surface area (Å²) in [4.78, 5) is 26.4. The number of carbonyl (C=O) groups is 2. The summed E-state index contributed by atoms with van der Waals surface area (Å²) in [5.74, 6) is -1.27. The zero-order valence-electron chi connectivity index (χ0n) is 11.6. The molecule has 0 fully saturated rings. The topological polar surface area (TPSA) is 134 Å². The fourth-order valence-corrected chi connectivity index (χ4v) is 1.69. The van der Waals surface area contributed by atoms with Crippen LogP contribution in [0, 0.1) is 5.92 Å². The summed E-state index contributed by atoms with van der Waals surface area (Å²) >= 11 is 0. The number of nitrogens with zero attached hydrogens (tertiary/aromatic N) is 1. The molecule has 1 rings (SSSR count). The number of nitrogens with two attached hydrogens (primary N) is 3. The van der Waals surface area contributed by atoms with Crippen LogP contribution < -0.4 is 17.2 Å². The largest absolute Gasteiger partial charge is 0.461 e. The van der Waals surface area contributed by atoms with E-state index in [0.717, 1.165) is 5.56 Å². The Kier molecular flexibility index (Phi) is 6.90. The standard InChI is InChI=1S/C14H20N4O3/c15-12(8-19)6-11(7-18-14(16)17)13(20)21-9-10-4-2-1-3-5-10/h1-5,8,11-12H,6-7,9,15H2,(H4,16,17,18)/t11?,12-/m0/s1. The van der Waals surface area contributed by atoms with E-state index in [9.17, 15) is 9.59 Å². The maximum absolute atomic E-state index is 12.0. The summed E-state index contributed by atoms with van der Waals surface area (Å²) in [5, 5.41) is 0. The first-order valence-corrected chi connectivity index (χ1v) is 6.49. The van der Waals surface area contributed by atoms with Crippen molar-refractivity contribution in [2.24, 2.45) is 28.1 Å². The minimum absolute atomic E-state index is 0.0392. The molecular formula is C14H20N4O3. The lowest BCUT2D eigenvalue weighted by Gasteiger charge is -2.15. The van der Waals surface area contributed by atoms with Crippen molar-refractivity contribution in [1.82, 2.24) is 0 Å². The van der Waals surface area contributed by atoms with Gasteiger partial charge in [-0.1, -0.05) is 30.3 Å². The van der Waals surface area contributed by atoms with Gasteiger partial charge in [0, 0.05) is 0 Å². The second-order valence-electron chi connectivity index (χ2n) is 4.59. The Hall–Kier alpha value is -2.41. The lowest BCUT2D eigenvalue weighted by Crippen LogP contribution is -2.32. The summed E-state index contributed by atoms with van der Waals surface area (Å²) in [5.41, 5.74) is 16.9. The van der Waals surface area contributed by atoms with Crippen molar-refractivity contribution >= 4 is 18.2 Å². The zero-order valence-corrected chi connectivity index (χ0v) is 11.6. The van der Waals surface area contributed by atoms with Crippen LogP contribution in [0.2, 0.25) is 0 Å². The molecule has 0 bridgehead atoms. The minimum Gasteiger partial charge on any atom is -0.461 e. The molecular weight excluding hydrogens is 272 g/mol. The van der Waals surface area contributed by atoms with Gasteiger partial charge in [0.1, 0.15) is 12.9 Å². The first-order valence-electron chi connectivity index (χ1n) is 6.49. The number of hydrogen-bond acceptors (Lipinski definition) is 5. The number of aldehydes is 1. The van der Waals surface area contributed by atoms with E-state index >= 15 is 0 Å². The molecule has 0 amide bonds. The van der Waals surface area contributed by atoms with Crippen molar-refractivity contribution in [3.8, 4) is 0 Å². The van der Waals surface area contributed by atoms with Crippen LogP contribution in [-0.2, 0) is 20.9 Å². The molecule has 7 nitrogen and oxygen atoms in total. The smallest absolute Gasteiger partial charge is 0.311 e. The maximum atomic E-state index is 12.0. The van der Waals surface area contributed by atoms with Crippen LogP contribution in [0.5, 0.6) is 0 Å². The fraction of sp³-hybridized carbons (Fsp3) is 0.357. The van der Waals surface area contributed by atoms with Gasteiger partial charge >= 0.3 is 5.97 Å². The third-order valence-corrected chi connectivity index (χ3v) is 2.78. The molecule has 7 heteroatoms. The Labute approximate surface area is 123 Å². The first kappa shape index (κ1) is 16.6. The molecule has 0 saturated heterocycles. The van der Waals surface area contributed by atoms with E-state index in [1.54, 1.807) is 0 Å². The van der Waals surface area contributed by atoms with Crippen LogP contribution >= 0.6 is 0 Å².